The van der Waals surface area contributed by atoms with Crippen LogP contribution in [0.1, 0.15) is 11.1 Å². The van der Waals surface area contributed by atoms with E-state index < -0.39 is 0 Å². The minimum absolute atomic E-state index is 0.599. The minimum atomic E-state index is 0.599. The summed E-state index contributed by atoms with van der Waals surface area (Å²) in [5.74, 6) is 0. The van der Waals surface area contributed by atoms with Gasteiger partial charge in [0, 0.05) is 38.0 Å². The third-order valence-corrected chi connectivity index (χ3v) is 11.1. The van der Waals surface area contributed by atoms with Crippen molar-refractivity contribution in [3.63, 3.8) is 0 Å². The Morgan fingerprint density at radius 2 is 0.873 bits per heavy atom. The van der Waals surface area contributed by atoms with Gasteiger partial charge < -0.3 is 13.7 Å². The van der Waals surface area contributed by atoms with Crippen molar-refractivity contribution < 1.29 is 0 Å². The van der Waals surface area contributed by atoms with E-state index in [1.54, 1.807) is 0 Å². The number of rotatable bonds is 4. The first-order valence-corrected chi connectivity index (χ1v) is 18.3. The Hall–Kier alpha value is -7.86. The van der Waals surface area contributed by atoms with Crippen LogP contribution in [0, 0.1) is 22.7 Å². The van der Waals surface area contributed by atoms with Gasteiger partial charge in [0.15, 0.2) is 0 Å². The first-order valence-electron chi connectivity index (χ1n) is 18.3. The Morgan fingerprint density at radius 3 is 1.53 bits per heavy atom. The molecule has 0 saturated heterocycles. The lowest BCUT2D eigenvalue weighted by Gasteiger charge is -2.13. The minimum Gasteiger partial charge on any atom is -0.309 e. The zero-order valence-corrected chi connectivity index (χ0v) is 29.5. The Bertz CT molecular complexity index is 3400. The molecular formula is C50H29N5. The molecule has 0 fully saturated rings. The number of nitriles is 2. The van der Waals surface area contributed by atoms with Crippen molar-refractivity contribution in [3.8, 4) is 40.3 Å². The Labute approximate surface area is 316 Å². The second kappa shape index (κ2) is 11.8. The molecule has 11 aromatic rings. The summed E-state index contributed by atoms with van der Waals surface area (Å²) in [6, 6.07) is 65.9. The molecule has 0 bridgehead atoms. The average Bonchev–Trinajstić information content (AvgIpc) is 3.89. The van der Waals surface area contributed by atoms with Gasteiger partial charge in [0.25, 0.3) is 0 Å². The Balaban J connectivity index is 1.05. The molecule has 0 aliphatic heterocycles. The van der Waals surface area contributed by atoms with Gasteiger partial charge >= 0.3 is 0 Å². The molecule has 3 heterocycles. The van der Waals surface area contributed by atoms with Crippen molar-refractivity contribution in [3.05, 3.63) is 187 Å². The SMILES string of the molecule is N#Cc1ccc2c(c1)c1ccccc1n2-c1ccc(-c2ccc(-n3c4ccccc4c4c(-n5c6ccccc6c6ccccc65)cccc43)c(C#N)c2)cc1. The van der Waals surface area contributed by atoms with Crippen LogP contribution >= 0.6 is 0 Å². The van der Waals surface area contributed by atoms with E-state index in [1.165, 1.54) is 10.8 Å². The third kappa shape index (κ3) is 4.45. The summed E-state index contributed by atoms with van der Waals surface area (Å²) < 4.78 is 6.87. The molecule has 8 aromatic carbocycles. The van der Waals surface area contributed by atoms with Crippen LogP contribution in [0.25, 0.3) is 93.6 Å². The summed E-state index contributed by atoms with van der Waals surface area (Å²) in [6.07, 6.45) is 0. The first-order chi connectivity index (χ1) is 27.2. The highest BCUT2D eigenvalue weighted by Crippen LogP contribution is 2.41. The zero-order valence-electron chi connectivity index (χ0n) is 29.5. The number of nitrogens with zero attached hydrogens (tertiary/aromatic N) is 5. The highest BCUT2D eigenvalue weighted by Gasteiger charge is 2.21. The highest BCUT2D eigenvalue weighted by molar-refractivity contribution is 6.16. The van der Waals surface area contributed by atoms with E-state index in [4.69, 9.17) is 0 Å². The average molecular weight is 700 g/mol. The predicted molar refractivity (Wildman–Crippen MR) is 224 cm³/mol. The zero-order chi connectivity index (χ0) is 36.6. The van der Waals surface area contributed by atoms with Crippen molar-refractivity contribution in [1.82, 2.24) is 13.7 Å². The van der Waals surface area contributed by atoms with Gasteiger partial charge in [-0.1, -0.05) is 97.1 Å². The fourth-order valence-electron chi connectivity index (χ4n) is 8.75. The molecule has 0 unspecified atom stereocenters. The van der Waals surface area contributed by atoms with Gasteiger partial charge in [-0.2, -0.15) is 10.5 Å². The largest absolute Gasteiger partial charge is 0.309 e. The van der Waals surface area contributed by atoms with E-state index in [0.717, 1.165) is 82.8 Å². The third-order valence-electron chi connectivity index (χ3n) is 11.1. The second-order valence-electron chi connectivity index (χ2n) is 14.0. The number of para-hydroxylation sites is 4. The molecule has 0 saturated carbocycles. The maximum Gasteiger partial charge on any atom is 0.101 e. The summed E-state index contributed by atoms with van der Waals surface area (Å²) in [6.45, 7) is 0. The lowest BCUT2D eigenvalue weighted by molar-refractivity contribution is 1.16. The maximum absolute atomic E-state index is 10.7. The van der Waals surface area contributed by atoms with Crippen LogP contribution in [0.2, 0.25) is 0 Å². The lowest BCUT2D eigenvalue weighted by Crippen LogP contribution is -1.99. The molecule has 0 N–H and O–H groups in total. The summed E-state index contributed by atoms with van der Waals surface area (Å²) in [4.78, 5) is 0. The van der Waals surface area contributed by atoms with E-state index in [1.807, 2.05) is 36.4 Å². The van der Waals surface area contributed by atoms with E-state index in [-0.39, 0.29) is 0 Å². The van der Waals surface area contributed by atoms with E-state index in [9.17, 15) is 10.5 Å². The van der Waals surface area contributed by atoms with Crippen molar-refractivity contribution in [1.29, 1.82) is 10.5 Å². The first kappa shape index (κ1) is 30.7. The molecule has 11 rings (SSSR count). The topological polar surface area (TPSA) is 62.4 Å². The molecule has 0 aliphatic carbocycles. The molecular weight excluding hydrogens is 671 g/mol. The smallest absolute Gasteiger partial charge is 0.101 e. The van der Waals surface area contributed by atoms with Gasteiger partial charge in [0.05, 0.1) is 61.7 Å². The van der Waals surface area contributed by atoms with Crippen LogP contribution in [0.4, 0.5) is 0 Å². The monoisotopic (exact) mass is 699 g/mol. The molecule has 254 valence electrons. The van der Waals surface area contributed by atoms with E-state index >= 15 is 0 Å². The van der Waals surface area contributed by atoms with Crippen molar-refractivity contribution >= 4 is 65.4 Å². The van der Waals surface area contributed by atoms with Gasteiger partial charge in [-0.15, -0.1) is 0 Å². The normalized spacial score (nSPS) is 11.6. The summed E-state index contributed by atoms with van der Waals surface area (Å²) >= 11 is 0. The summed E-state index contributed by atoms with van der Waals surface area (Å²) in [7, 11) is 0. The fourth-order valence-corrected chi connectivity index (χ4v) is 8.75. The molecule has 3 aromatic heterocycles. The predicted octanol–water partition coefficient (Wildman–Crippen LogP) is 12.4. The number of benzene rings is 8. The maximum atomic E-state index is 10.7. The van der Waals surface area contributed by atoms with Crippen LogP contribution in [-0.4, -0.2) is 13.7 Å². The molecule has 5 nitrogen and oxygen atoms in total. The van der Waals surface area contributed by atoms with Crippen LogP contribution in [0.3, 0.4) is 0 Å². The second-order valence-corrected chi connectivity index (χ2v) is 14.0. The van der Waals surface area contributed by atoms with Gasteiger partial charge in [0.1, 0.15) is 6.07 Å². The molecule has 0 atom stereocenters. The van der Waals surface area contributed by atoms with Crippen molar-refractivity contribution in [2.45, 2.75) is 0 Å². The van der Waals surface area contributed by atoms with E-state index in [0.29, 0.717) is 11.1 Å². The molecule has 55 heavy (non-hydrogen) atoms. The van der Waals surface area contributed by atoms with Gasteiger partial charge in [-0.25, -0.2) is 0 Å². The van der Waals surface area contributed by atoms with E-state index in [2.05, 4.69) is 165 Å². The quantitative estimate of drug-likeness (QED) is 0.184. The van der Waals surface area contributed by atoms with Gasteiger partial charge in [0.2, 0.25) is 0 Å². The van der Waals surface area contributed by atoms with Crippen molar-refractivity contribution in [2.24, 2.45) is 0 Å². The van der Waals surface area contributed by atoms with Crippen LogP contribution in [0.5, 0.6) is 0 Å². The van der Waals surface area contributed by atoms with Gasteiger partial charge in [-0.05, 0) is 90.0 Å². The molecule has 5 heteroatoms. The van der Waals surface area contributed by atoms with Gasteiger partial charge in [-0.3, -0.25) is 0 Å². The fraction of sp³-hybridized carbons (Fsp3) is 0. The van der Waals surface area contributed by atoms with Crippen LogP contribution < -0.4 is 0 Å². The molecule has 0 spiro atoms. The number of hydrogen-bond acceptors (Lipinski definition) is 2. The van der Waals surface area contributed by atoms with Crippen molar-refractivity contribution in [2.75, 3.05) is 0 Å². The lowest BCUT2D eigenvalue weighted by atomic mass is 10.0. The summed E-state index contributed by atoms with van der Waals surface area (Å²) in [5, 5.41) is 27.1. The summed E-state index contributed by atoms with van der Waals surface area (Å²) in [5.41, 5.74) is 12.8. The molecule has 0 amide bonds. The van der Waals surface area contributed by atoms with Crippen LogP contribution in [0.15, 0.2) is 176 Å². The Morgan fingerprint density at radius 1 is 0.345 bits per heavy atom. The number of aromatic nitrogens is 3. The standard InChI is InChI=1S/C50H29N5/c51-30-32-20-26-47-41(28-32)39-12-3-5-14-43(39)53(47)36-24-21-33(22-25-36)34-23-27-42(35(29-34)31-52)54-46-17-8-4-13-40(46)50-48(54)18-9-19-49(50)55-44-15-6-1-10-37(44)38-11-2-7-16-45(38)55/h1-29H. The molecule has 0 aliphatic rings. The van der Waals surface area contributed by atoms with Crippen LogP contribution in [-0.2, 0) is 0 Å². The number of hydrogen-bond donors (Lipinski definition) is 0. The Kier molecular flexibility index (Phi) is 6.61. The number of fused-ring (bicyclic) bond motifs is 9. The highest BCUT2D eigenvalue weighted by atomic mass is 15.0. The molecule has 0 radical (unpaired) electrons.